The van der Waals surface area contributed by atoms with Crippen molar-refractivity contribution in [3.05, 3.63) is 52.9 Å². The highest BCUT2D eigenvalue weighted by molar-refractivity contribution is 7.19. The van der Waals surface area contributed by atoms with E-state index in [9.17, 15) is 4.79 Å². The third-order valence-corrected chi connectivity index (χ3v) is 10.4. The van der Waals surface area contributed by atoms with E-state index in [2.05, 4.69) is 45.4 Å². The van der Waals surface area contributed by atoms with Crippen molar-refractivity contribution in [3.63, 3.8) is 0 Å². The van der Waals surface area contributed by atoms with Crippen LogP contribution in [0.15, 0.2) is 42.5 Å². The number of nitrogens with zero attached hydrogens (tertiary/aromatic N) is 2. The average Bonchev–Trinajstić information content (AvgIpc) is 3.71. The zero-order chi connectivity index (χ0) is 28.1. The Bertz CT molecular complexity index is 1390. The molecule has 1 N–H and O–H groups in total. The second kappa shape index (κ2) is 10.8. The molecule has 1 amide bonds. The van der Waals surface area contributed by atoms with Gasteiger partial charge in [-0.25, -0.2) is 0 Å². The van der Waals surface area contributed by atoms with E-state index in [0.717, 1.165) is 25.4 Å². The summed E-state index contributed by atoms with van der Waals surface area (Å²) in [5.74, 6) is 1.60. The van der Waals surface area contributed by atoms with E-state index in [4.69, 9.17) is 14.2 Å². The van der Waals surface area contributed by atoms with Gasteiger partial charge in [0.05, 0.1) is 13.7 Å². The van der Waals surface area contributed by atoms with Crippen molar-refractivity contribution >= 4 is 27.3 Å². The lowest BCUT2D eigenvalue weighted by Crippen LogP contribution is -2.46. The van der Waals surface area contributed by atoms with Gasteiger partial charge in [-0.15, -0.1) is 11.3 Å². The second-order valence-electron chi connectivity index (χ2n) is 12.8. The van der Waals surface area contributed by atoms with Gasteiger partial charge in [-0.1, -0.05) is 18.2 Å². The predicted octanol–water partition coefficient (Wildman–Crippen LogP) is 6.05. The number of nitrogens with one attached hydrogen (secondary N) is 1. The molecule has 0 aliphatic carbocycles. The Balaban J connectivity index is 1.15. The molecule has 7 rings (SSSR count). The van der Waals surface area contributed by atoms with Crippen LogP contribution in [-0.2, 0) is 6.54 Å². The van der Waals surface area contributed by atoms with Gasteiger partial charge in [-0.05, 0) is 80.6 Å². The van der Waals surface area contributed by atoms with Gasteiger partial charge in [0.25, 0.3) is 5.91 Å². The first kappa shape index (κ1) is 27.0. The van der Waals surface area contributed by atoms with Crippen molar-refractivity contribution in [2.75, 3.05) is 26.7 Å². The summed E-state index contributed by atoms with van der Waals surface area (Å²) in [6.45, 7) is 7.31. The molecule has 3 saturated heterocycles. The number of likely N-dealkylation sites (tertiary alicyclic amines) is 1. The number of hydrogen-bond acceptors (Lipinski definition) is 7. The number of hydrogen-bond donors (Lipinski definition) is 1. The smallest absolute Gasteiger partial charge is 0.254 e. The van der Waals surface area contributed by atoms with E-state index in [1.807, 2.05) is 19.9 Å². The number of rotatable bonds is 8. The maximum absolute atomic E-state index is 14.3. The summed E-state index contributed by atoms with van der Waals surface area (Å²) in [7, 11) is 1.61. The molecule has 4 aliphatic rings. The number of carbonyl (C=O) groups is 1. The lowest BCUT2D eigenvalue weighted by Gasteiger charge is -2.36. The van der Waals surface area contributed by atoms with Gasteiger partial charge in [-0.2, -0.15) is 0 Å². The summed E-state index contributed by atoms with van der Waals surface area (Å²) >= 11 is 1.78. The number of carbonyl (C=O) groups excluding carboxylic acids is 1. The van der Waals surface area contributed by atoms with E-state index in [-0.39, 0.29) is 5.91 Å². The molecule has 41 heavy (non-hydrogen) atoms. The molecule has 3 aromatic rings. The standard InChI is InChI=1S/C33H41N3O4S/c1-33(2)39-29-17-23(16-28(38-3)31(29)40-33)32(37)36(20-27-15-22-7-4-5-9-30(22)41-27)19-26-8-6-12-35(26)18-21-13-24-10-11-25(14-21)34-24/h4-5,7,9,15-17,21,24-26,34H,6,8,10-14,18-20H2,1-3H3/t21-,24+,25-,26-/m0/s1. The Morgan fingerprint density at radius 1 is 1.12 bits per heavy atom. The van der Waals surface area contributed by atoms with Gasteiger partial charge in [0.1, 0.15) is 0 Å². The maximum atomic E-state index is 14.3. The van der Waals surface area contributed by atoms with Crippen LogP contribution in [0.2, 0.25) is 0 Å². The second-order valence-corrected chi connectivity index (χ2v) is 14.0. The van der Waals surface area contributed by atoms with E-state index in [0.29, 0.717) is 54.0 Å². The quantitative estimate of drug-likeness (QED) is 0.353. The van der Waals surface area contributed by atoms with Crippen LogP contribution < -0.4 is 19.5 Å². The molecule has 0 unspecified atom stereocenters. The summed E-state index contributed by atoms with van der Waals surface area (Å²) in [5.41, 5.74) is 0.572. The molecule has 2 bridgehead atoms. The molecule has 5 heterocycles. The Kier molecular flexibility index (Phi) is 7.12. The fourth-order valence-corrected chi connectivity index (χ4v) is 8.60. The highest BCUT2D eigenvalue weighted by Crippen LogP contribution is 2.47. The first-order valence-corrected chi connectivity index (χ1v) is 16.0. The van der Waals surface area contributed by atoms with E-state index in [1.165, 1.54) is 47.1 Å². The topological polar surface area (TPSA) is 63.3 Å². The molecule has 0 saturated carbocycles. The van der Waals surface area contributed by atoms with Crippen molar-refractivity contribution in [1.29, 1.82) is 0 Å². The molecule has 0 spiro atoms. The first-order valence-electron chi connectivity index (χ1n) is 15.2. The van der Waals surface area contributed by atoms with E-state index < -0.39 is 5.79 Å². The minimum absolute atomic E-state index is 0.00335. The summed E-state index contributed by atoms with van der Waals surface area (Å²) in [6, 6.07) is 16.1. The fraction of sp³-hybridized carbons (Fsp3) is 0.545. The van der Waals surface area contributed by atoms with E-state index >= 15 is 0 Å². The zero-order valence-corrected chi connectivity index (χ0v) is 25.2. The zero-order valence-electron chi connectivity index (χ0n) is 24.4. The molecule has 0 radical (unpaired) electrons. The molecule has 4 atom stereocenters. The third kappa shape index (κ3) is 5.54. The lowest BCUT2D eigenvalue weighted by atomic mass is 9.92. The number of amides is 1. The molecule has 4 aliphatic heterocycles. The Morgan fingerprint density at radius 2 is 1.93 bits per heavy atom. The van der Waals surface area contributed by atoms with Crippen LogP contribution in [0.3, 0.4) is 0 Å². The highest BCUT2D eigenvalue weighted by Gasteiger charge is 2.38. The minimum atomic E-state index is -0.799. The number of benzene rings is 2. The van der Waals surface area contributed by atoms with Crippen LogP contribution in [-0.4, -0.2) is 66.4 Å². The number of fused-ring (bicyclic) bond motifs is 4. The van der Waals surface area contributed by atoms with Gasteiger partial charge >= 0.3 is 0 Å². The molecule has 3 fully saturated rings. The highest BCUT2D eigenvalue weighted by atomic mass is 32.1. The summed E-state index contributed by atoms with van der Waals surface area (Å²) < 4.78 is 18.9. The van der Waals surface area contributed by atoms with Crippen molar-refractivity contribution in [2.45, 2.75) is 82.8 Å². The largest absolute Gasteiger partial charge is 0.493 e. The average molecular weight is 576 g/mol. The SMILES string of the molecule is COc1cc(C(=O)N(Cc2cc3ccccc3s2)C[C@@H]2CCCN2C[C@H]2C[C@H]3CC[C@@H](C2)N3)cc2c1OC(C)(C)O2. The molecule has 1 aromatic heterocycles. The normalized spacial score (nSPS) is 26.5. The van der Waals surface area contributed by atoms with Crippen LogP contribution in [0.5, 0.6) is 17.2 Å². The van der Waals surface area contributed by atoms with Crippen LogP contribution in [0.25, 0.3) is 10.1 Å². The van der Waals surface area contributed by atoms with Gasteiger partial charge in [0.15, 0.2) is 11.5 Å². The Morgan fingerprint density at radius 3 is 2.71 bits per heavy atom. The van der Waals surface area contributed by atoms with Gasteiger partial charge in [-0.3, -0.25) is 9.69 Å². The minimum Gasteiger partial charge on any atom is -0.493 e. The molecule has 8 heteroatoms. The van der Waals surface area contributed by atoms with Crippen molar-refractivity contribution in [3.8, 4) is 17.2 Å². The summed E-state index contributed by atoms with van der Waals surface area (Å²) in [4.78, 5) is 20.3. The molecule has 2 aromatic carbocycles. The van der Waals surface area contributed by atoms with Crippen LogP contribution in [0.4, 0.5) is 0 Å². The molecular formula is C33H41N3O4S. The molecule has 218 valence electrons. The number of methoxy groups -OCH3 is 1. The number of piperidine rings is 1. The van der Waals surface area contributed by atoms with Gasteiger partial charge in [0.2, 0.25) is 11.5 Å². The third-order valence-electron chi connectivity index (χ3n) is 9.30. The van der Waals surface area contributed by atoms with Crippen LogP contribution in [0.1, 0.15) is 67.6 Å². The summed E-state index contributed by atoms with van der Waals surface area (Å²) in [5, 5.41) is 5.02. The van der Waals surface area contributed by atoms with E-state index in [1.54, 1.807) is 24.5 Å². The first-order chi connectivity index (χ1) is 19.8. The Labute approximate surface area is 246 Å². The van der Waals surface area contributed by atoms with Crippen LogP contribution >= 0.6 is 11.3 Å². The predicted molar refractivity (Wildman–Crippen MR) is 162 cm³/mol. The van der Waals surface area contributed by atoms with Gasteiger partial charge < -0.3 is 24.4 Å². The molecule has 7 nitrogen and oxygen atoms in total. The monoisotopic (exact) mass is 575 g/mol. The molecular weight excluding hydrogens is 534 g/mol. The summed E-state index contributed by atoms with van der Waals surface area (Å²) in [6.07, 6.45) is 7.57. The van der Waals surface area contributed by atoms with Crippen molar-refractivity contribution < 1.29 is 19.0 Å². The van der Waals surface area contributed by atoms with Crippen molar-refractivity contribution in [2.24, 2.45) is 5.92 Å². The number of thiophene rings is 1. The fourth-order valence-electron chi connectivity index (χ4n) is 7.52. The van der Waals surface area contributed by atoms with Crippen molar-refractivity contribution in [1.82, 2.24) is 15.1 Å². The number of ether oxygens (including phenoxy) is 3. The van der Waals surface area contributed by atoms with Crippen LogP contribution in [0, 0.1) is 5.92 Å². The lowest BCUT2D eigenvalue weighted by molar-refractivity contribution is -0.0439. The van der Waals surface area contributed by atoms with Gasteiger partial charge in [0, 0.05) is 60.2 Å². The maximum Gasteiger partial charge on any atom is 0.254 e. The Hall–Kier alpha value is -2.81.